The van der Waals surface area contributed by atoms with Crippen LogP contribution < -0.4 is 0 Å². The number of carboxylic acid groups (broad SMARTS) is 2. The van der Waals surface area contributed by atoms with Crippen LogP contribution in [0.15, 0.2) is 0 Å². The van der Waals surface area contributed by atoms with Crippen molar-refractivity contribution in [1.29, 1.82) is 0 Å². The number of unbranched alkanes of at least 4 members (excludes halogenated alkanes) is 28. The van der Waals surface area contributed by atoms with Crippen molar-refractivity contribution in [3.8, 4) is 0 Å². The van der Waals surface area contributed by atoms with Crippen LogP contribution >= 0.6 is 0 Å². The van der Waals surface area contributed by atoms with Gasteiger partial charge in [0.2, 0.25) is 0 Å². The Morgan fingerprint density at radius 3 is 0.619 bits per heavy atom. The number of rotatable bonds is 32. The summed E-state index contributed by atoms with van der Waals surface area (Å²) in [5.74, 6) is -1.31. The van der Waals surface area contributed by atoms with Crippen LogP contribution in [-0.4, -0.2) is 27.6 Å². The fourth-order valence-corrected chi connectivity index (χ4v) is 5.30. The third-order valence-electron chi connectivity index (χ3n) is 7.99. The van der Waals surface area contributed by atoms with Crippen molar-refractivity contribution in [2.75, 3.05) is 0 Å². The van der Waals surface area contributed by atoms with Crippen LogP contribution in [0.4, 0.5) is 0 Å². The summed E-state index contributed by atoms with van der Waals surface area (Å²) >= 11 is 0. The Bertz CT molecular complexity index is 457. The molecule has 0 bridgehead atoms. The van der Waals surface area contributed by atoms with Crippen LogP contribution in [0.2, 0.25) is 0 Å². The zero-order chi connectivity index (χ0) is 29.8. The fourth-order valence-electron chi connectivity index (χ4n) is 5.30. The monoisotopic (exact) mass is 642 g/mol. The van der Waals surface area contributed by atoms with E-state index in [1.807, 2.05) is 0 Å². The Hall–Kier alpha value is -0.581. The molecule has 0 amide bonds. The fraction of sp³-hybridized carbons (Fsp3) is 0.944. The molecule has 0 radical (unpaired) electrons. The van der Waals surface area contributed by atoms with Crippen molar-refractivity contribution in [1.82, 2.24) is 0 Å². The van der Waals surface area contributed by atoms with Gasteiger partial charge in [0.15, 0.2) is 0 Å². The van der Waals surface area contributed by atoms with Crippen LogP contribution in [0.5, 0.6) is 0 Å². The molecular weight excluding hydrogens is 568 g/mol. The molecule has 0 aliphatic carbocycles. The summed E-state index contributed by atoms with van der Waals surface area (Å²) in [6.07, 6.45) is 40.4. The molecule has 0 saturated carbocycles. The smallest absolute Gasteiger partial charge is 0.303 e. The summed E-state index contributed by atoms with van der Waals surface area (Å²) < 4.78 is 0. The van der Waals surface area contributed by atoms with Gasteiger partial charge in [-0.25, -0.2) is 0 Å². The topological polar surface area (TPSA) is 106 Å². The molecule has 0 fully saturated rings. The molecule has 0 atom stereocenters. The van der Waals surface area contributed by atoms with Crippen LogP contribution in [0.3, 0.4) is 0 Å². The van der Waals surface area contributed by atoms with E-state index in [1.54, 1.807) is 0 Å². The molecule has 0 aromatic heterocycles. The molecule has 0 saturated heterocycles. The molecule has 0 unspecified atom stereocenters. The normalized spacial score (nSPS) is 10.3. The van der Waals surface area contributed by atoms with E-state index in [1.165, 1.54) is 167 Å². The zero-order valence-electron chi connectivity index (χ0n) is 28.2. The van der Waals surface area contributed by atoms with Gasteiger partial charge in [0.05, 0.1) is 0 Å². The summed E-state index contributed by atoms with van der Waals surface area (Å²) in [5.41, 5.74) is 0. The minimum absolute atomic E-state index is 0. The van der Waals surface area contributed by atoms with E-state index in [0.29, 0.717) is 12.8 Å². The van der Waals surface area contributed by atoms with E-state index in [4.69, 9.17) is 10.2 Å². The van der Waals surface area contributed by atoms with Gasteiger partial charge >= 0.3 is 11.9 Å². The summed E-state index contributed by atoms with van der Waals surface area (Å²) in [5, 5.41) is 17.0. The standard InChI is InChI=1S/2C18H36O2.Fe.H2O/c2*1-2-3-4-5-6-7-8-9-10-11-12-13-14-15-16-17-18(19)20;;/h2*2-17H2,1H3,(H,19,20);;1H2. The second kappa shape index (κ2) is 44.9. The second-order valence-corrected chi connectivity index (χ2v) is 12.2. The Morgan fingerprint density at radius 2 is 0.476 bits per heavy atom. The molecule has 5 nitrogen and oxygen atoms in total. The van der Waals surface area contributed by atoms with E-state index in [0.717, 1.165) is 25.7 Å². The molecular formula is C36H74FeO5. The molecule has 0 aliphatic rings. The van der Waals surface area contributed by atoms with Crippen molar-refractivity contribution in [3.05, 3.63) is 0 Å². The van der Waals surface area contributed by atoms with Gasteiger partial charge in [-0.05, 0) is 12.8 Å². The molecule has 0 aromatic rings. The van der Waals surface area contributed by atoms with Gasteiger partial charge in [-0.1, -0.05) is 194 Å². The number of carbonyl (C=O) groups is 2. The van der Waals surface area contributed by atoms with Gasteiger partial charge in [0.25, 0.3) is 0 Å². The Labute approximate surface area is 273 Å². The van der Waals surface area contributed by atoms with E-state index in [-0.39, 0.29) is 22.5 Å². The van der Waals surface area contributed by atoms with Gasteiger partial charge in [-0.3, -0.25) is 9.59 Å². The van der Waals surface area contributed by atoms with Crippen LogP contribution in [0.1, 0.15) is 219 Å². The molecule has 0 spiro atoms. The Kier molecular flexibility index (Phi) is 51.6. The number of carboxylic acids is 2. The maximum Gasteiger partial charge on any atom is 0.303 e. The van der Waals surface area contributed by atoms with Gasteiger partial charge < -0.3 is 15.7 Å². The SMILES string of the molecule is CCCCCCCCCCCCCCCCCC(=O)O.CCCCCCCCCCCCCCCCCC(=O)O.O.[Fe]. The molecule has 256 valence electrons. The molecule has 0 rings (SSSR count). The van der Waals surface area contributed by atoms with Crippen LogP contribution in [0, 0.1) is 0 Å². The van der Waals surface area contributed by atoms with E-state index < -0.39 is 11.9 Å². The first-order valence-corrected chi connectivity index (χ1v) is 18.0. The second-order valence-electron chi connectivity index (χ2n) is 12.2. The Morgan fingerprint density at radius 1 is 0.333 bits per heavy atom. The first-order valence-electron chi connectivity index (χ1n) is 18.0. The average Bonchev–Trinajstić information content (AvgIpc) is 2.93. The van der Waals surface area contributed by atoms with Gasteiger partial charge in [0.1, 0.15) is 0 Å². The molecule has 6 heteroatoms. The van der Waals surface area contributed by atoms with Gasteiger partial charge in [-0.15, -0.1) is 0 Å². The van der Waals surface area contributed by atoms with E-state index in [9.17, 15) is 9.59 Å². The molecule has 42 heavy (non-hydrogen) atoms. The molecule has 4 N–H and O–H groups in total. The minimum atomic E-state index is -0.653. The first-order chi connectivity index (χ1) is 19.5. The van der Waals surface area contributed by atoms with E-state index in [2.05, 4.69) is 13.8 Å². The van der Waals surface area contributed by atoms with Gasteiger partial charge in [0, 0.05) is 29.9 Å². The summed E-state index contributed by atoms with van der Waals surface area (Å²) in [7, 11) is 0. The molecule has 0 aliphatic heterocycles. The van der Waals surface area contributed by atoms with Crippen molar-refractivity contribution in [2.24, 2.45) is 0 Å². The Balaban J connectivity index is -0.000000328. The summed E-state index contributed by atoms with van der Waals surface area (Å²) in [4.78, 5) is 20.7. The van der Waals surface area contributed by atoms with Gasteiger partial charge in [-0.2, -0.15) is 0 Å². The quantitative estimate of drug-likeness (QED) is 0.0562. The third-order valence-corrected chi connectivity index (χ3v) is 7.99. The van der Waals surface area contributed by atoms with Crippen molar-refractivity contribution in [3.63, 3.8) is 0 Å². The zero-order valence-corrected chi connectivity index (χ0v) is 29.3. The maximum atomic E-state index is 10.3. The van der Waals surface area contributed by atoms with Crippen LogP contribution in [0.25, 0.3) is 0 Å². The summed E-state index contributed by atoms with van der Waals surface area (Å²) in [6, 6.07) is 0. The number of hydrogen-bond acceptors (Lipinski definition) is 2. The molecule has 0 aromatic carbocycles. The van der Waals surface area contributed by atoms with Crippen molar-refractivity contribution in [2.45, 2.75) is 219 Å². The average molecular weight is 643 g/mol. The van der Waals surface area contributed by atoms with Crippen molar-refractivity contribution >= 4 is 11.9 Å². The predicted molar refractivity (Wildman–Crippen MR) is 178 cm³/mol. The molecule has 0 heterocycles. The van der Waals surface area contributed by atoms with Crippen molar-refractivity contribution < 1.29 is 42.3 Å². The summed E-state index contributed by atoms with van der Waals surface area (Å²) in [6.45, 7) is 4.54. The largest absolute Gasteiger partial charge is 0.481 e. The van der Waals surface area contributed by atoms with Crippen LogP contribution in [-0.2, 0) is 26.7 Å². The first kappa shape index (κ1) is 48.3. The maximum absolute atomic E-state index is 10.3. The third kappa shape index (κ3) is 52.1. The van der Waals surface area contributed by atoms with E-state index >= 15 is 0 Å². The number of aliphatic carboxylic acids is 2. The predicted octanol–water partition coefficient (Wildman–Crippen LogP) is 11.8. The number of hydrogen-bond donors (Lipinski definition) is 2. The minimum Gasteiger partial charge on any atom is -0.481 e.